The molecular formula is C10H18O4. The van der Waals surface area contributed by atoms with E-state index in [4.69, 9.17) is 14.2 Å². The molecule has 5 atom stereocenters. The van der Waals surface area contributed by atoms with Crippen molar-refractivity contribution < 1.29 is 19.3 Å². The summed E-state index contributed by atoms with van der Waals surface area (Å²) >= 11 is 0. The van der Waals surface area contributed by atoms with E-state index in [1.54, 1.807) is 6.92 Å². The van der Waals surface area contributed by atoms with E-state index >= 15 is 0 Å². The number of aliphatic hydroxyl groups excluding tert-OH is 1. The molecule has 4 heteroatoms. The van der Waals surface area contributed by atoms with Gasteiger partial charge in [0.05, 0.1) is 12.2 Å². The van der Waals surface area contributed by atoms with Gasteiger partial charge in [0.2, 0.25) is 0 Å². The largest absolute Gasteiger partial charge is 0.391 e. The van der Waals surface area contributed by atoms with Gasteiger partial charge in [0.25, 0.3) is 0 Å². The zero-order chi connectivity index (χ0) is 10.5. The number of fused-ring (bicyclic) bond motifs is 1. The van der Waals surface area contributed by atoms with E-state index in [-0.39, 0.29) is 24.4 Å². The van der Waals surface area contributed by atoms with Crippen molar-refractivity contribution in [3.63, 3.8) is 0 Å². The Morgan fingerprint density at radius 3 is 2.36 bits per heavy atom. The number of hydrogen-bond donors (Lipinski definition) is 1. The highest BCUT2D eigenvalue weighted by Gasteiger charge is 2.54. The Bertz CT molecular complexity index is 224. The molecule has 4 nitrogen and oxygen atoms in total. The van der Waals surface area contributed by atoms with E-state index < -0.39 is 11.9 Å². The smallest absolute Gasteiger partial charge is 0.164 e. The van der Waals surface area contributed by atoms with E-state index in [1.807, 2.05) is 20.8 Å². The number of aliphatic hydroxyl groups is 1. The summed E-state index contributed by atoms with van der Waals surface area (Å²) < 4.78 is 17.0. The van der Waals surface area contributed by atoms with E-state index in [9.17, 15) is 5.11 Å². The molecule has 2 saturated heterocycles. The van der Waals surface area contributed by atoms with Gasteiger partial charge in [0, 0.05) is 0 Å². The van der Waals surface area contributed by atoms with Crippen LogP contribution in [0.15, 0.2) is 0 Å². The van der Waals surface area contributed by atoms with Crippen molar-refractivity contribution in [3.05, 3.63) is 0 Å². The molecule has 0 radical (unpaired) electrons. The molecule has 0 aromatic carbocycles. The zero-order valence-corrected chi connectivity index (χ0v) is 9.06. The van der Waals surface area contributed by atoms with E-state index in [0.717, 1.165) is 0 Å². The zero-order valence-electron chi connectivity index (χ0n) is 9.06. The molecule has 14 heavy (non-hydrogen) atoms. The second-order valence-corrected chi connectivity index (χ2v) is 4.61. The fourth-order valence-electron chi connectivity index (χ4n) is 2.23. The molecule has 0 bridgehead atoms. The highest BCUT2D eigenvalue weighted by Crippen LogP contribution is 2.39. The van der Waals surface area contributed by atoms with Gasteiger partial charge >= 0.3 is 0 Å². The summed E-state index contributed by atoms with van der Waals surface area (Å²) in [5.74, 6) is -0.555. The maximum Gasteiger partial charge on any atom is 0.164 e. The summed E-state index contributed by atoms with van der Waals surface area (Å²) in [6.45, 7) is 7.44. The highest BCUT2D eigenvalue weighted by atomic mass is 16.8. The van der Waals surface area contributed by atoms with Gasteiger partial charge in [-0.25, -0.2) is 0 Å². The quantitative estimate of drug-likeness (QED) is 0.679. The first kappa shape index (κ1) is 10.4. The van der Waals surface area contributed by atoms with Crippen molar-refractivity contribution in [2.75, 3.05) is 0 Å². The van der Waals surface area contributed by atoms with Crippen LogP contribution < -0.4 is 0 Å². The third-order valence-electron chi connectivity index (χ3n) is 2.80. The van der Waals surface area contributed by atoms with E-state index in [2.05, 4.69) is 0 Å². The Morgan fingerprint density at radius 1 is 1.21 bits per heavy atom. The van der Waals surface area contributed by atoms with Gasteiger partial charge in [-0.2, -0.15) is 0 Å². The second kappa shape index (κ2) is 3.17. The first-order chi connectivity index (χ1) is 6.41. The lowest BCUT2D eigenvalue weighted by molar-refractivity contribution is -0.193. The van der Waals surface area contributed by atoms with Gasteiger partial charge in [-0.1, -0.05) is 0 Å². The fourth-order valence-corrected chi connectivity index (χ4v) is 2.23. The maximum absolute atomic E-state index is 9.53. The van der Waals surface area contributed by atoms with Gasteiger partial charge < -0.3 is 19.3 Å². The predicted molar refractivity (Wildman–Crippen MR) is 49.8 cm³/mol. The Kier molecular flexibility index (Phi) is 2.34. The van der Waals surface area contributed by atoms with Crippen molar-refractivity contribution >= 4 is 0 Å². The molecule has 1 unspecified atom stereocenters. The van der Waals surface area contributed by atoms with E-state index in [0.29, 0.717) is 0 Å². The lowest BCUT2D eigenvalue weighted by atomic mass is 10.1. The summed E-state index contributed by atoms with van der Waals surface area (Å²) in [5, 5.41) is 9.53. The van der Waals surface area contributed by atoms with Crippen LogP contribution in [0.4, 0.5) is 0 Å². The number of rotatable bonds is 1. The van der Waals surface area contributed by atoms with Crippen molar-refractivity contribution in [3.8, 4) is 0 Å². The van der Waals surface area contributed by atoms with E-state index in [1.165, 1.54) is 0 Å². The first-order valence-corrected chi connectivity index (χ1v) is 5.10. The van der Waals surface area contributed by atoms with Crippen LogP contribution in [0.25, 0.3) is 0 Å². The minimum atomic E-state index is -0.555. The topological polar surface area (TPSA) is 47.9 Å². The van der Waals surface area contributed by atoms with Crippen LogP contribution in [-0.2, 0) is 14.2 Å². The summed E-state index contributed by atoms with van der Waals surface area (Å²) in [4.78, 5) is 0. The lowest BCUT2D eigenvalue weighted by Crippen LogP contribution is -2.36. The third-order valence-corrected chi connectivity index (χ3v) is 2.80. The van der Waals surface area contributed by atoms with Gasteiger partial charge in [-0.3, -0.25) is 0 Å². The first-order valence-electron chi connectivity index (χ1n) is 5.10. The third kappa shape index (κ3) is 1.56. The standard InChI is InChI=1S/C10H18O4/c1-5(11)7-9-8(6(2)12-7)13-10(3,4)14-9/h5-9,11H,1-4H3/t5-,6-,7+,8?,9-/m0/s1. The Balaban J connectivity index is 2.15. The molecule has 2 fully saturated rings. The second-order valence-electron chi connectivity index (χ2n) is 4.61. The summed E-state index contributed by atoms with van der Waals surface area (Å²) in [7, 11) is 0. The van der Waals surface area contributed by atoms with Crippen LogP contribution in [-0.4, -0.2) is 41.4 Å². The van der Waals surface area contributed by atoms with Crippen molar-refractivity contribution in [2.24, 2.45) is 0 Å². The van der Waals surface area contributed by atoms with Gasteiger partial charge in [-0.15, -0.1) is 0 Å². The summed E-state index contributed by atoms with van der Waals surface area (Å²) in [6, 6.07) is 0. The molecular weight excluding hydrogens is 184 g/mol. The summed E-state index contributed by atoms with van der Waals surface area (Å²) in [6.07, 6.45) is -0.993. The SMILES string of the molecule is C[C@@H]1O[C@H]([C@H](C)O)[C@@H]2OC(C)(C)OC12. The van der Waals surface area contributed by atoms with Crippen LogP contribution in [0.5, 0.6) is 0 Å². The molecule has 2 heterocycles. The van der Waals surface area contributed by atoms with Crippen LogP contribution in [0.1, 0.15) is 27.7 Å². The molecule has 0 spiro atoms. The van der Waals surface area contributed by atoms with Crippen molar-refractivity contribution in [1.82, 2.24) is 0 Å². The number of hydrogen-bond acceptors (Lipinski definition) is 4. The molecule has 0 aromatic rings. The molecule has 2 aliphatic heterocycles. The van der Waals surface area contributed by atoms with Crippen LogP contribution in [0.3, 0.4) is 0 Å². The predicted octanol–water partition coefficient (Wildman–Crippen LogP) is 0.675. The van der Waals surface area contributed by atoms with Gasteiger partial charge in [0.15, 0.2) is 5.79 Å². The minimum Gasteiger partial charge on any atom is -0.391 e. The van der Waals surface area contributed by atoms with Gasteiger partial charge in [0.1, 0.15) is 18.3 Å². The average Bonchev–Trinajstić information content (AvgIpc) is 2.47. The Morgan fingerprint density at radius 2 is 1.79 bits per heavy atom. The number of ether oxygens (including phenoxy) is 3. The van der Waals surface area contributed by atoms with Crippen molar-refractivity contribution in [1.29, 1.82) is 0 Å². The van der Waals surface area contributed by atoms with Crippen LogP contribution in [0, 0.1) is 0 Å². The van der Waals surface area contributed by atoms with Crippen LogP contribution >= 0.6 is 0 Å². The highest BCUT2D eigenvalue weighted by molar-refractivity contribution is 4.98. The molecule has 2 rings (SSSR count). The molecule has 2 aliphatic rings. The maximum atomic E-state index is 9.53. The normalized spacial score (nSPS) is 47.8. The van der Waals surface area contributed by atoms with Crippen molar-refractivity contribution in [2.45, 2.75) is 64.0 Å². The molecule has 82 valence electrons. The molecule has 0 aromatic heterocycles. The molecule has 0 saturated carbocycles. The Labute approximate surface area is 84.1 Å². The average molecular weight is 202 g/mol. The molecule has 0 aliphatic carbocycles. The summed E-state index contributed by atoms with van der Waals surface area (Å²) in [5.41, 5.74) is 0. The lowest BCUT2D eigenvalue weighted by Gasteiger charge is -2.24. The van der Waals surface area contributed by atoms with Gasteiger partial charge in [-0.05, 0) is 27.7 Å². The minimum absolute atomic E-state index is 0.0126. The molecule has 1 N–H and O–H groups in total. The van der Waals surface area contributed by atoms with Crippen LogP contribution in [0.2, 0.25) is 0 Å². The fraction of sp³-hybridized carbons (Fsp3) is 1.00. The molecule has 0 amide bonds. The Hall–Kier alpha value is -0.160. The monoisotopic (exact) mass is 202 g/mol.